The number of aromatic nitrogens is 1. The first-order valence-electron chi connectivity index (χ1n) is 8.13. The Morgan fingerprint density at radius 2 is 1.79 bits per heavy atom. The number of carbonyl (C=O) groups is 2. The van der Waals surface area contributed by atoms with Gasteiger partial charge in [0.1, 0.15) is 18.3 Å². The molecule has 0 bridgehead atoms. The molecule has 29 heavy (non-hydrogen) atoms. The second-order valence-electron chi connectivity index (χ2n) is 5.84. The molecular weight excluding hydrogens is 398 g/mol. The molecule has 0 radical (unpaired) electrons. The van der Waals surface area contributed by atoms with Gasteiger partial charge in [0.2, 0.25) is 9.84 Å². The van der Waals surface area contributed by atoms with E-state index in [1.807, 2.05) is 5.32 Å². The zero-order valence-corrected chi connectivity index (χ0v) is 15.5. The number of nitrogens with zero attached hydrogens (tertiary/aromatic N) is 2. The highest BCUT2D eigenvalue weighted by Gasteiger charge is 2.27. The number of nitrogens with one attached hydrogen (secondary N) is 1. The van der Waals surface area contributed by atoms with E-state index < -0.39 is 39.7 Å². The van der Waals surface area contributed by atoms with Crippen molar-refractivity contribution in [1.82, 2.24) is 10.3 Å². The third kappa shape index (κ3) is 3.59. The minimum atomic E-state index is -4.10. The number of amides is 1. The molecular formula is C19H13N3O6S. The quantitative estimate of drug-likeness (QED) is 0.569. The van der Waals surface area contributed by atoms with Gasteiger partial charge in [0.15, 0.2) is 11.4 Å². The van der Waals surface area contributed by atoms with Crippen molar-refractivity contribution in [2.24, 2.45) is 0 Å². The molecule has 0 aliphatic rings. The Hall–Kier alpha value is -3.97. The molecule has 9 nitrogen and oxygen atoms in total. The zero-order valence-electron chi connectivity index (χ0n) is 14.7. The molecule has 1 heterocycles. The van der Waals surface area contributed by atoms with Crippen LogP contribution in [0.5, 0.6) is 5.75 Å². The summed E-state index contributed by atoms with van der Waals surface area (Å²) in [4.78, 5) is 26.3. The lowest BCUT2D eigenvalue weighted by Gasteiger charge is -2.13. The second kappa shape index (κ2) is 7.57. The summed E-state index contributed by atoms with van der Waals surface area (Å²) in [5.41, 5.74) is -0.936. The Bertz CT molecular complexity index is 1280. The zero-order chi connectivity index (χ0) is 21.2. The summed E-state index contributed by atoms with van der Waals surface area (Å²) in [5.74, 6) is -3.15. The van der Waals surface area contributed by atoms with Crippen molar-refractivity contribution in [1.29, 1.82) is 5.26 Å². The van der Waals surface area contributed by atoms with Crippen LogP contribution in [0, 0.1) is 11.3 Å². The van der Waals surface area contributed by atoms with E-state index in [0.29, 0.717) is 0 Å². The molecule has 0 atom stereocenters. The number of aromatic hydroxyl groups is 1. The summed E-state index contributed by atoms with van der Waals surface area (Å²) >= 11 is 0. The first-order valence-corrected chi connectivity index (χ1v) is 9.61. The molecule has 146 valence electrons. The van der Waals surface area contributed by atoms with Crippen LogP contribution in [0.1, 0.15) is 16.2 Å². The van der Waals surface area contributed by atoms with Crippen molar-refractivity contribution in [2.75, 3.05) is 6.54 Å². The number of aliphatic carboxylic acids is 1. The Morgan fingerprint density at radius 1 is 1.10 bits per heavy atom. The van der Waals surface area contributed by atoms with E-state index in [-0.39, 0.29) is 26.3 Å². The van der Waals surface area contributed by atoms with Crippen LogP contribution in [0.3, 0.4) is 0 Å². The van der Waals surface area contributed by atoms with Crippen molar-refractivity contribution >= 4 is 32.5 Å². The standard InChI is InChI=1S/C19H13N3O6S/c20-9-13-12-7-4-8-14(29(27,28)11-5-2-1-3-6-11)16(12)18(25)17(22-13)19(26)21-10-15(23)24/h1-8,25H,10H2,(H,21,26)(H,23,24). The number of carboxylic acid groups (broad SMARTS) is 1. The minimum absolute atomic E-state index is 0.0387. The van der Waals surface area contributed by atoms with E-state index in [1.165, 1.54) is 42.5 Å². The largest absolute Gasteiger partial charge is 0.505 e. The summed E-state index contributed by atoms with van der Waals surface area (Å²) in [6.45, 7) is -0.746. The van der Waals surface area contributed by atoms with E-state index in [4.69, 9.17) is 5.11 Å². The number of hydrogen-bond donors (Lipinski definition) is 3. The average molecular weight is 411 g/mol. The Kier molecular flexibility index (Phi) is 5.16. The highest BCUT2D eigenvalue weighted by molar-refractivity contribution is 7.91. The Balaban J connectivity index is 2.32. The van der Waals surface area contributed by atoms with Crippen LogP contribution < -0.4 is 5.32 Å². The number of carbonyl (C=O) groups excluding carboxylic acids is 1. The molecule has 0 saturated heterocycles. The summed E-state index contributed by atoms with van der Waals surface area (Å²) in [5, 5.41) is 30.6. The van der Waals surface area contributed by atoms with Gasteiger partial charge in [-0.05, 0) is 18.2 Å². The smallest absolute Gasteiger partial charge is 0.322 e. The third-order valence-corrected chi connectivity index (χ3v) is 5.84. The van der Waals surface area contributed by atoms with Crippen molar-refractivity contribution in [3.05, 3.63) is 59.9 Å². The maximum Gasteiger partial charge on any atom is 0.322 e. The predicted octanol–water partition coefficient (Wildman–Crippen LogP) is 1.46. The van der Waals surface area contributed by atoms with Crippen molar-refractivity contribution in [3.63, 3.8) is 0 Å². The van der Waals surface area contributed by atoms with Crippen LogP contribution >= 0.6 is 0 Å². The van der Waals surface area contributed by atoms with Gasteiger partial charge in [-0.25, -0.2) is 13.4 Å². The number of fused-ring (bicyclic) bond motifs is 1. The maximum atomic E-state index is 13.1. The Labute approximate surface area is 164 Å². The number of sulfone groups is 1. The first-order chi connectivity index (χ1) is 13.8. The van der Waals surface area contributed by atoms with Crippen LogP contribution in [0.15, 0.2) is 58.3 Å². The molecule has 1 aromatic heterocycles. The lowest BCUT2D eigenvalue weighted by Crippen LogP contribution is -2.30. The van der Waals surface area contributed by atoms with Gasteiger partial charge in [0, 0.05) is 10.8 Å². The molecule has 1 amide bonds. The Morgan fingerprint density at radius 3 is 2.41 bits per heavy atom. The number of rotatable bonds is 5. The summed E-state index contributed by atoms with van der Waals surface area (Å²) in [6.07, 6.45) is 0. The first kappa shape index (κ1) is 19.8. The number of benzene rings is 2. The fourth-order valence-corrected chi connectivity index (χ4v) is 4.25. The second-order valence-corrected chi connectivity index (χ2v) is 7.76. The van der Waals surface area contributed by atoms with Crippen LogP contribution in [0.4, 0.5) is 0 Å². The van der Waals surface area contributed by atoms with Gasteiger partial charge in [-0.1, -0.05) is 30.3 Å². The summed E-state index contributed by atoms with van der Waals surface area (Å²) in [7, 11) is -4.10. The molecule has 10 heteroatoms. The van der Waals surface area contributed by atoms with Crippen LogP contribution in [-0.4, -0.2) is 42.0 Å². The monoisotopic (exact) mass is 411 g/mol. The topological polar surface area (TPSA) is 157 Å². The maximum absolute atomic E-state index is 13.1. The molecule has 2 aromatic carbocycles. The average Bonchev–Trinajstić information content (AvgIpc) is 2.72. The van der Waals surface area contributed by atoms with Crippen molar-refractivity contribution in [2.45, 2.75) is 9.79 Å². The molecule has 0 saturated carbocycles. The van der Waals surface area contributed by atoms with E-state index in [9.17, 15) is 28.4 Å². The molecule has 3 N–H and O–H groups in total. The van der Waals surface area contributed by atoms with Crippen LogP contribution in [0.2, 0.25) is 0 Å². The molecule has 3 aromatic rings. The highest BCUT2D eigenvalue weighted by Crippen LogP contribution is 2.36. The van der Waals surface area contributed by atoms with Gasteiger partial charge >= 0.3 is 5.97 Å². The fourth-order valence-electron chi connectivity index (χ4n) is 2.75. The molecule has 0 spiro atoms. The fraction of sp³-hybridized carbons (Fsp3) is 0.0526. The normalized spacial score (nSPS) is 11.0. The van der Waals surface area contributed by atoms with Crippen molar-refractivity contribution < 1.29 is 28.2 Å². The van der Waals surface area contributed by atoms with Gasteiger partial charge < -0.3 is 15.5 Å². The van der Waals surface area contributed by atoms with Gasteiger partial charge in [-0.2, -0.15) is 5.26 Å². The van der Waals surface area contributed by atoms with Gasteiger partial charge in [-0.15, -0.1) is 0 Å². The predicted molar refractivity (Wildman–Crippen MR) is 100.0 cm³/mol. The van der Waals surface area contributed by atoms with Crippen LogP contribution in [0.25, 0.3) is 10.8 Å². The number of hydrogen-bond acceptors (Lipinski definition) is 7. The highest BCUT2D eigenvalue weighted by atomic mass is 32.2. The molecule has 0 unspecified atom stereocenters. The molecule has 3 rings (SSSR count). The molecule has 0 aliphatic carbocycles. The van der Waals surface area contributed by atoms with E-state index in [1.54, 1.807) is 12.1 Å². The van der Waals surface area contributed by atoms with Crippen LogP contribution in [-0.2, 0) is 14.6 Å². The van der Waals surface area contributed by atoms with E-state index in [0.717, 1.165) is 0 Å². The molecule has 0 aliphatic heterocycles. The molecule has 0 fully saturated rings. The SMILES string of the molecule is N#Cc1nc(C(=O)NCC(=O)O)c(O)c2c(S(=O)(=O)c3ccccc3)cccc12. The summed E-state index contributed by atoms with van der Waals surface area (Å²) in [6, 6.07) is 13.2. The van der Waals surface area contributed by atoms with E-state index >= 15 is 0 Å². The number of carboxylic acids is 1. The van der Waals surface area contributed by atoms with Gasteiger partial charge in [0.05, 0.1) is 9.79 Å². The van der Waals surface area contributed by atoms with Gasteiger partial charge in [0.25, 0.3) is 5.91 Å². The van der Waals surface area contributed by atoms with Crippen molar-refractivity contribution in [3.8, 4) is 11.8 Å². The summed E-state index contributed by atoms with van der Waals surface area (Å²) < 4.78 is 26.2. The van der Waals surface area contributed by atoms with Gasteiger partial charge in [-0.3, -0.25) is 9.59 Å². The number of pyridine rings is 1. The van der Waals surface area contributed by atoms with E-state index in [2.05, 4.69) is 4.98 Å². The minimum Gasteiger partial charge on any atom is -0.505 e. The number of nitriles is 1. The third-order valence-electron chi connectivity index (χ3n) is 4.03. The lowest BCUT2D eigenvalue weighted by atomic mass is 10.1. The lowest BCUT2D eigenvalue weighted by molar-refractivity contribution is -0.135.